The highest BCUT2D eigenvalue weighted by atomic mass is 32.2. The molecule has 1 aliphatic rings. The highest BCUT2D eigenvalue weighted by Crippen LogP contribution is 2.26. The number of anilines is 1. The van der Waals surface area contributed by atoms with Gasteiger partial charge in [0.1, 0.15) is 12.4 Å². The maximum absolute atomic E-state index is 12.4. The lowest BCUT2D eigenvalue weighted by Gasteiger charge is -2.28. The standard InChI is InChI=1S/C15H21NO5S/c1-3-21-10-15(17)16(13-8-9-22(18,19)11-13)12-4-6-14(20-2)7-5-12/h4-7,13H,3,8-11H2,1-2H3. The molecular weight excluding hydrogens is 306 g/mol. The third-order valence-electron chi connectivity index (χ3n) is 3.62. The molecule has 1 unspecified atom stereocenters. The van der Waals surface area contributed by atoms with Gasteiger partial charge in [0.25, 0.3) is 5.91 Å². The van der Waals surface area contributed by atoms with Crippen molar-refractivity contribution in [2.45, 2.75) is 19.4 Å². The lowest BCUT2D eigenvalue weighted by Crippen LogP contribution is -2.43. The van der Waals surface area contributed by atoms with Gasteiger partial charge in [0.15, 0.2) is 9.84 Å². The largest absolute Gasteiger partial charge is 0.497 e. The molecule has 1 amide bonds. The summed E-state index contributed by atoms with van der Waals surface area (Å²) in [6.45, 7) is 2.19. The Hall–Kier alpha value is -1.60. The number of hydrogen-bond donors (Lipinski definition) is 0. The average Bonchev–Trinajstić information content (AvgIpc) is 2.86. The van der Waals surface area contributed by atoms with E-state index in [-0.39, 0.29) is 30.1 Å². The molecule has 0 aliphatic carbocycles. The van der Waals surface area contributed by atoms with Gasteiger partial charge >= 0.3 is 0 Å². The first-order chi connectivity index (χ1) is 10.5. The van der Waals surface area contributed by atoms with Crippen molar-refractivity contribution in [1.82, 2.24) is 0 Å². The van der Waals surface area contributed by atoms with Gasteiger partial charge in [0.05, 0.1) is 24.7 Å². The zero-order valence-corrected chi connectivity index (χ0v) is 13.6. The van der Waals surface area contributed by atoms with Crippen LogP contribution >= 0.6 is 0 Å². The minimum Gasteiger partial charge on any atom is -0.497 e. The number of rotatable bonds is 6. The van der Waals surface area contributed by atoms with Crippen molar-refractivity contribution >= 4 is 21.4 Å². The summed E-state index contributed by atoms with van der Waals surface area (Å²) < 4.78 is 33.7. The van der Waals surface area contributed by atoms with E-state index >= 15 is 0 Å². The predicted molar refractivity (Wildman–Crippen MR) is 84.0 cm³/mol. The van der Waals surface area contributed by atoms with Gasteiger partial charge in [-0.25, -0.2) is 8.42 Å². The normalized spacial score (nSPS) is 19.8. The quantitative estimate of drug-likeness (QED) is 0.786. The molecule has 0 aromatic heterocycles. The molecule has 1 saturated heterocycles. The monoisotopic (exact) mass is 327 g/mol. The summed E-state index contributed by atoms with van der Waals surface area (Å²) in [6, 6.07) is 6.67. The van der Waals surface area contributed by atoms with Gasteiger partial charge < -0.3 is 14.4 Å². The third-order valence-corrected chi connectivity index (χ3v) is 5.37. The fourth-order valence-electron chi connectivity index (χ4n) is 2.54. The summed E-state index contributed by atoms with van der Waals surface area (Å²) in [5.41, 5.74) is 0.660. The Bertz CT molecular complexity index is 611. The zero-order chi connectivity index (χ0) is 16.2. The summed E-state index contributed by atoms with van der Waals surface area (Å²) in [6.07, 6.45) is 0.451. The molecule has 6 nitrogen and oxygen atoms in total. The van der Waals surface area contributed by atoms with E-state index in [0.717, 1.165) is 0 Å². The van der Waals surface area contributed by atoms with Crippen LogP contribution in [0, 0.1) is 0 Å². The van der Waals surface area contributed by atoms with Gasteiger partial charge in [-0.2, -0.15) is 0 Å². The summed E-state index contributed by atoms with van der Waals surface area (Å²) in [4.78, 5) is 14.0. The molecule has 1 heterocycles. The number of methoxy groups -OCH3 is 1. The summed E-state index contributed by atoms with van der Waals surface area (Å²) in [7, 11) is -1.51. The number of carbonyl (C=O) groups is 1. The molecule has 2 rings (SSSR count). The molecule has 1 fully saturated rings. The second kappa shape index (κ2) is 7.11. The van der Waals surface area contributed by atoms with Crippen molar-refractivity contribution in [3.8, 4) is 5.75 Å². The first kappa shape index (κ1) is 16.8. The first-order valence-electron chi connectivity index (χ1n) is 7.21. The van der Waals surface area contributed by atoms with Gasteiger partial charge in [0, 0.05) is 12.3 Å². The molecule has 0 spiro atoms. The number of hydrogen-bond acceptors (Lipinski definition) is 5. The van der Waals surface area contributed by atoms with E-state index in [1.807, 2.05) is 6.92 Å². The molecule has 7 heteroatoms. The minimum atomic E-state index is -3.07. The second-order valence-electron chi connectivity index (χ2n) is 5.16. The van der Waals surface area contributed by atoms with E-state index < -0.39 is 9.84 Å². The maximum Gasteiger partial charge on any atom is 0.253 e. The third kappa shape index (κ3) is 3.98. The lowest BCUT2D eigenvalue weighted by molar-refractivity contribution is -0.123. The molecule has 1 aromatic carbocycles. The number of sulfone groups is 1. The van der Waals surface area contributed by atoms with Crippen molar-refractivity contribution in [2.24, 2.45) is 0 Å². The van der Waals surface area contributed by atoms with Crippen LogP contribution in [0.25, 0.3) is 0 Å². The summed E-state index contributed by atoms with van der Waals surface area (Å²) >= 11 is 0. The minimum absolute atomic E-state index is 0.00308. The highest BCUT2D eigenvalue weighted by Gasteiger charge is 2.35. The fourth-order valence-corrected chi connectivity index (χ4v) is 4.24. The molecule has 0 N–H and O–H groups in total. The van der Waals surface area contributed by atoms with Crippen LogP contribution < -0.4 is 9.64 Å². The van der Waals surface area contributed by atoms with Crippen LogP contribution in [0.15, 0.2) is 24.3 Å². The Morgan fingerprint density at radius 3 is 2.50 bits per heavy atom. The van der Waals surface area contributed by atoms with E-state index in [2.05, 4.69) is 0 Å². The van der Waals surface area contributed by atoms with Crippen molar-refractivity contribution in [2.75, 3.05) is 36.7 Å². The topological polar surface area (TPSA) is 72.9 Å². The average molecular weight is 327 g/mol. The molecule has 0 saturated carbocycles. The van der Waals surface area contributed by atoms with E-state index in [9.17, 15) is 13.2 Å². The fraction of sp³-hybridized carbons (Fsp3) is 0.533. The number of nitrogens with zero attached hydrogens (tertiary/aromatic N) is 1. The van der Waals surface area contributed by atoms with Crippen molar-refractivity contribution in [1.29, 1.82) is 0 Å². The van der Waals surface area contributed by atoms with Crippen LogP contribution in [0.4, 0.5) is 5.69 Å². The number of ether oxygens (including phenoxy) is 2. The van der Waals surface area contributed by atoms with Crippen LogP contribution in [-0.4, -0.2) is 52.2 Å². The Morgan fingerprint density at radius 2 is 2.00 bits per heavy atom. The number of benzene rings is 1. The number of amides is 1. The summed E-state index contributed by atoms with van der Waals surface area (Å²) in [5, 5.41) is 0. The Kier molecular flexibility index (Phi) is 5.42. The van der Waals surface area contributed by atoms with Gasteiger partial charge in [-0.05, 0) is 37.6 Å². The Morgan fingerprint density at radius 1 is 1.32 bits per heavy atom. The van der Waals surface area contributed by atoms with Crippen molar-refractivity contribution in [3.05, 3.63) is 24.3 Å². The molecule has 1 atom stereocenters. The van der Waals surface area contributed by atoms with Crippen LogP contribution in [0.5, 0.6) is 5.75 Å². The van der Waals surface area contributed by atoms with Gasteiger partial charge in [-0.3, -0.25) is 4.79 Å². The van der Waals surface area contributed by atoms with E-state index in [4.69, 9.17) is 9.47 Å². The first-order valence-corrected chi connectivity index (χ1v) is 9.03. The molecule has 1 aliphatic heterocycles. The molecule has 0 radical (unpaired) electrons. The van der Waals surface area contributed by atoms with Crippen LogP contribution in [0.2, 0.25) is 0 Å². The van der Waals surface area contributed by atoms with Crippen molar-refractivity contribution in [3.63, 3.8) is 0 Å². The SMILES string of the molecule is CCOCC(=O)N(c1ccc(OC)cc1)C1CCS(=O)(=O)C1. The van der Waals surface area contributed by atoms with Gasteiger partial charge in [-0.15, -0.1) is 0 Å². The van der Waals surface area contributed by atoms with Crippen molar-refractivity contribution < 1.29 is 22.7 Å². The molecule has 1 aromatic rings. The Balaban J connectivity index is 2.26. The van der Waals surface area contributed by atoms with Gasteiger partial charge in [-0.1, -0.05) is 0 Å². The lowest BCUT2D eigenvalue weighted by atomic mass is 10.1. The van der Waals surface area contributed by atoms with Gasteiger partial charge in [0.2, 0.25) is 0 Å². The smallest absolute Gasteiger partial charge is 0.253 e. The van der Waals surface area contributed by atoms with E-state index in [1.165, 1.54) is 0 Å². The Labute approximate surface area is 130 Å². The molecular formula is C15H21NO5S. The van der Waals surface area contributed by atoms with E-state index in [0.29, 0.717) is 24.5 Å². The summed E-state index contributed by atoms with van der Waals surface area (Å²) in [5.74, 6) is 0.567. The molecule has 0 bridgehead atoms. The number of carbonyl (C=O) groups excluding carboxylic acids is 1. The van der Waals surface area contributed by atoms with Crippen LogP contribution in [0.1, 0.15) is 13.3 Å². The van der Waals surface area contributed by atoms with Crippen LogP contribution in [-0.2, 0) is 19.4 Å². The highest BCUT2D eigenvalue weighted by molar-refractivity contribution is 7.91. The maximum atomic E-state index is 12.4. The molecule has 22 heavy (non-hydrogen) atoms. The zero-order valence-electron chi connectivity index (χ0n) is 12.8. The van der Waals surface area contributed by atoms with Crippen LogP contribution in [0.3, 0.4) is 0 Å². The molecule has 122 valence electrons. The predicted octanol–water partition coefficient (Wildman–Crippen LogP) is 1.25. The van der Waals surface area contributed by atoms with E-state index in [1.54, 1.807) is 36.3 Å². The second-order valence-corrected chi connectivity index (χ2v) is 7.38.